The van der Waals surface area contributed by atoms with Gasteiger partial charge in [0.25, 0.3) is 0 Å². The predicted molar refractivity (Wildman–Crippen MR) is 95.6 cm³/mol. The number of halogens is 1. The van der Waals surface area contributed by atoms with E-state index in [0.29, 0.717) is 0 Å². The average Bonchev–Trinajstić information content (AvgIpc) is 2.49. The van der Waals surface area contributed by atoms with Gasteiger partial charge in [-0.15, -0.1) is 0 Å². The molecule has 0 aromatic heterocycles. The molecule has 0 spiro atoms. The third kappa shape index (κ3) is 6.97. The molecule has 0 aliphatic heterocycles. The molecule has 120 valence electrons. The van der Waals surface area contributed by atoms with E-state index in [1.807, 2.05) is 24.3 Å². The second-order valence-corrected chi connectivity index (χ2v) is 7.04. The molecule has 1 nitrogen and oxygen atoms in total. The molecular weight excluding hydrogens is 324 g/mol. The lowest BCUT2D eigenvalue weighted by Gasteiger charge is -2.27. The minimum absolute atomic E-state index is 0.661. The summed E-state index contributed by atoms with van der Waals surface area (Å²) in [5, 5.41) is 10.9. The van der Waals surface area contributed by atoms with Crippen LogP contribution in [0.5, 0.6) is 0 Å². The molecule has 1 aromatic rings. The summed E-state index contributed by atoms with van der Waals surface area (Å²) >= 11 is 3.50. The van der Waals surface area contributed by atoms with Gasteiger partial charge < -0.3 is 5.11 Å². The van der Waals surface area contributed by atoms with Gasteiger partial charge in [0.15, 0.2) is 0 Å². The second kappa shape index (κ2) is 10.4. The number of benzene rings is 1. The van der Waals surface area contributed by atoms with E-state index in [4.69, 9.17) is 0 Å². The Balaban J connectivity index is 2.30. The molecule has 21 heavy (non-hydrogen) atoms. The first-order valence-corrected chi connectivity index (χ1v) is 9.40. The quantitative estimate of drug-likeness (QED) is 0.445. The molecule has 0 heterocycles. The average molecular weight is 355 g/mol. The lowest BCUT2D eigenvalue weighted by Crippen LogP contribution is -2.24. The minimum Gasteiger partial charge on any atom is -0.385 e. The molecule has 0 bridgehead atoms. The Kier molecular flexibility index (Phi) is 9.26. The van der Waals surface area contributed by atoms with Gasteiger partial charge in [-0.3, -0.25) is 0 Å². The van der Waals surface area contributed by atoms with E-state index in [0.717, 1.165) is 29.3 Å². The van der Waals surface area contributed by atoms with Gasteiger partial charge in [-0.1, -0.05) is 93.3 Å². The SMILES string of the molecule is CCCCCCCCCCC(O)(CC)c1cccc(Br)c1. The van der Waals surface area contributed by atoms with Gasteiger partial charge in [0.1, 0.15) is 0 Å². The van der Waals surface area contributed by atoms with Gasteiger partial charge in [-0.05, 0) is 30.5 Å². The zero-order chi connectivity index (χ0) is 15.6. The molecule has 0 saturated heterocycles. The number of aliphatic hydroxyl groups is 1. The molecule has 0 saturated carbocycles. The van der Waals surface area contributed by atoms with Crippen LogP contribution in [-0.4, -0.2) is 5.11 Å². The van der Waals surface area contributed by atoms with Gasteiger partial charge in [0.2, 0.25) is 0 Å². The van der Waals surface area contributed by atoms with Crippen LogP contribution in [0, 0.1) is 0 Å². The van der Waals surface area contributed by atoms with Crippen molar-refractivity contribution < 1.29 is 5.11 Å². The van der Waals surface area contributed by atoms with Crippen LogP contribution in [0.4, 0.5) is 0 Å². The normalized spacial score (nSPS) is 14.1. The second-order valence-electron chi connectivity index (χ2n) is 6.12. The largest absolute Gasteiger partial charge is 0.385 e. The highest BCUT2D eigenvalue weighted by Crippen LogP contribution is 2.32. The van der Waals surface area contributed by atoms with Crippen molar-refractivity contribution in [2.75, 3.05) is 0 Å². The van der Waals surface area contributed by atoms with Crippen molar-refractivity contribution in [3.8, 4) is 0 Å². The van der Waals surface area contributed by atoms with E-state index < -0.39 is 5.60 Å². The van der Waals surface area contributed by atoms with E-state index in [9.17, 15) is 5.11 Å². The first-order chi connectivity index (χ1) is 10.1. The molecule has 1 unspecified atom stereocenters. The first kappa shape index (κ1) is 18.7. The van der Waals surface area contributed by atoms with Gasteiger partial charge in [0, 0.05) is 4.47 Å². The summed E-state index contributed by atoms with van der Waals surface area (Å²) in [6.07, 6.45) is 12.1. The Bertz CT molecular complexity index is 391. The van der Waals surface area contributed by atoms with Crippen LogP contribution in [0.2, 0.25) is 0 Å². The van der Waals surface area contributed by atoms with Gasteiger partial charge >= 0.3 is 0 Å². The van der Waals surface area contributed by atoms with Gasteiger partial charge in [0.05, 0.1) is 5.60 Å². The maximum Gasteiger partial charge on any atom is 0.0894 e. The number of rotatable bonds is 11. The van der Waals surface area contributed by atoms with Crippen LogP contribution in [0.1, 0.15) is 83.6 Å². The van der Waals surface area contributed by atoms with Crippen LogP contribution < -0.4 is 0 Å². The van der Waals surface area contributed by atoms with Crippen LogP contribution in [0.3, 0.4) is 0 Å². The number of unbranched alkanes of at least 4 members (excludes halogenated alkanes) is 7. The van der Waals surface area contributed by atoms with Crippen LogP contribution in [0.15, 0.2) is 28.7 Å². The Morgan fingerprint density at radius 3 is 2.14 bits per heavy atom. The molecule has 0 amide bonds. The highest BCUT2D eigenvalue weighted by Gasteiger charge is 2.26. The molecule has 1 rings (SSSR count). The van der Waals surface area contributed by atoms with Gasteiger partial charge in [-0.2, -0.15) is 0 Å². The fourth-order valence-electron chi connectivity index (χ4n) is 2.85. The molecule has 0 aliphatic carbocycles. The smallest absolute Gasteiger partial charge is 0.0894 e. The Morgan fingerprint density at radius 2 is 1.57 bits per heavy atom. The number of hydrogen-bond acceptors (Lipinski definition) is 1. The zero-order valence-electron chi connectivity index (χ0n) is 13.7. The van der Waals surface area contributed by atoms with E-state index in [1.165, 1.54) is 44.9 Å². The zero-order valence-corrected chi connectivity index (χ0v) is 15.3. The van der Waals surface area contributed by atoms with Crippen molar-refractivity contribution in [1.82, 2.24) is 0 Å². The lowest BCUT2D eigenvalue weighted by atomic mass is 9.86. The van der Waals surface area contributed by atoms with E-state index in [2.05, 4.69) is 29.8 Å². The summed E-state index contributed by atoms with van der Waals surface area (Å²) in [5.74, 6) is 0. The summed E-state index contributed by atoms with van der Waals surface area (Å²) in [6, 6.07) is 8.11. The maximum absolute atomic E-state index is 10.9. The van der Waals surface area contributed by atoms with Crippen LogP contribution in [-0.2, 0) is 5.60 Å². The molecule has 0 radical (unpaired) electrons. The Hall–Kier alpha value is -0.340. The van der Waals surface area contributed by atoms with Crippen molar-refractivity contribution in [2.24, 2.45) is 0 Å². The molecular formula is C19H31BrO. The van der Waals surface area contributed by atoms with Crippen LogP contribution in [0.25, 0.3) is 0 Å². The standard InChI is InChI=1S/C19H31BrO/c1-3-5-6-7-8-9-10-11-15-19(21,4-2)17-13-12-14-18(20)16-17/h12-14,16,21H,3-11,15H2,1-2H3. The fraction of sp³-hybridized carbons (Fsp3) is 0.684. The molecule has 1 N–H and O–H groups in total. The van der Waals surface area contributed by atoms with Crippen molar-refractivity contribution >= 4 is 15.9 Å². The monoisotopic (exact) mass is 354 g/mol. The van der Waals surface area contributed by atoms with E-state index in [-0.39, 0.29) is 0 Å². The van der Waals surface area contributed by atoms with E-state index >= 15 is 0 Å². The maximum atomic E-state index is 10.9. The topological polar surface area (TPSA) is 20.2 Å². The van der Waals surface area contributed by atoms with Crippen LogP contribution >= 0.6 is 15.9 Å². The summed E-state index contributed by atoms with van der Waals surface area (Å²) in [5.41, 5.74) is 0.383. The van der Waals surface area contributed by atoms with Crippen molar-refractivity contribution in [3.05, 3.63) is 34.3 Å². The van der Waals surface area contributed by atoms with Crippen molar-refractivity contribution in [1.29, 1.82) is 0 Å². The molecule has 1 aromatic carbocycles. The lowest BCUT2D eigenvalue weighted by molar-refractivity contribution is 0.0206. The van der Waals surface area contributed by atoms with Crippen molar-refractivity contribution in [2.45, 2.75) is 83.7 Å². The Morgan fingerprint density at radius 1 is 0.952 bits per heavy atom. The molecule has 2 heteroatoms. The third-order valence-electron chi connectivity index (χ3n) is 4.39. The Labute approximate surface area is 139 Å². The fourth-order valence-corrected chi connectivity index (χ4v) is 3.25. The van der Waals surface area contributed by atoms with Gasteiger partial charge in [-0.25, -0.2) is 0 Å². The molecule has 1 atom stereocenters. The first-order valence-electron chi connectivity index (χ1n) is 8.61. The third-order valence-corrected chi connectivity index (χ3v) is 4.88. The minimum atomic E-state index is -0.661. The summed E-state index contributed by atoms with van der Waals surface area (Å²) in [4.78, 5) is 0. The highest BCUT2D eigenvalue weighted by atomic mass is 79.9. The van der Waals surface area contributed by atoms with E-state index in [1.54, 1.807) is 0 Å². The van der Waals surface area contributed by atoms with Crippen molar-refractivity contribution in [3.63, 3.8) is 0 Å². The number of hydrogen-bond donors (Lipinski definition) is 1. The summed E-state index contributed by atoms with van der Waals surface area (Å²) in [7, 11) is 0. The molecule has 0 aliphatic rings. The summed E-state index contributed by atoms with van der Waals surface area (Å²) in [6.45, 7) is 4.33. The summed E-state index contributed by atoms with van der Waals surface area (Å²) < 4.78 is 1.04. The molecule has 0 fully saturated rings. The highest BCUT2D eigenvalue weighted by molar-refractivity contribution is 9.10. The predicted octanol–water partition coefficient (Wildman–Crippen LogP) is 6.58.